The summed E-state index contributed by atoms with van der Waals surface area (Å²) in [6.07, 6.45) is 0. The van der Waals surface area contributed by atoms with Crippen LogP contribution in [0.3, 0.4) is 0 Å². The van der Waals surface area contributed by atoms with E-state index in [4.69, 9.17) is 0 Å². The topological polar surface area (TPSA) is 17.3 Å². The van der Waals surface area contributed by atoms with E-state index in [1.165, 1.54) is 9.26 Å². The molecule has 0 amide bonds. The Bertz CT molecular complexity index is 300. The first kappa shape index (κ1) is 9.77. The van der Waals surface area contributed by atoms with Crippen molar-refractivity contribution in [3.05, 3.63) is 15.3 Å². The Hall–Kier alpha value is -0.320. The smallest absolute Gasteiger partial charge is 0.145 e. The highest BCUT2D eigenvalue weighted by Gasteiger charge is 2.10. The van der Waals surface area contributed by atoms with Crippen LogP contribution in [0.15, 0.2) is 11.1 Å². The van der Waals surface area contributed by atoms with Gasteiger partial charge in [-0.1, -0.05) is 0 Å². The van der Waals surface area contributed by atoms with Gasteiger partial charge in [0.1, 0.15) is 5.82 Å². The van der Waals surface area contributed by atoms with Crippen LogP contribution >= 0.6 is 22.6 Å². The zero-order valence-corrected chi connectivity index (χ0v) is 9.79. The van der Waals surface area contributed by atoms with Gasteiger partial charge in [-0.15, -0.1) is 0 Å². The Morgan fingerprint density at radius 2 is 2.17 bits per heavy atom. The zero-order valence-electron chi connectivity index (χ0n) is 7.63. The number of halogens is 1. The largest absolute Gasteiger partial charge is 0.327 e. The summed E-state index contributed by atoms with van der Waals surface area (Å²) in [5, 5.41) is 0. The van der Waals surface area contributed by atoms with Crippen LogP contribution in [-0.2, 0) is 0 Å². The van der Waals surface area contributed by atoms with E-state index in [1.54, 1.807) is 0 Å². The Kier molecular flexibility index (Phi) is 2.93. The summed E-state index contributed by atoms with van der Waals surface area (Å²) in [5.74, 6) is 0.989. The standard InChI is InChI=1S/C9H13IN2/c1-6(2)12-7(3)5-8(10)9(12)11-4/h5-6H,4H2,1-3H3. The highest BCUT2D eigenvalue weighted by atomic mass is 127. The van der Waals surface area contributed by atoms with Crippen LogP contribution in [0.4, 0.5) is 5.82 Å². The number of aryl methyl sites for hydroxylation is 1. The molecule has 0 fully saturated rings. The molecular weight excluding hydrogens is 263 g/mol. The van der Waals surface area contributed by atoms with Crippen molar-refractivity contribution < 1.29 is 0 Å². The number of aliphatic imine (C=N–C) groups is 1. The maximum Gasteiger partial charge on any atom is 0.145 e. The highest BCUT2D eigenvalue weighted by Crippen LogP contribution is 2.28. The van der Waals surface area contributed by atoms with Crippen molar-refractivity contribution in [3.63, 3.8) is 0 Å². The van der Waals surface area contributed by atoms with Crippen molar-refractivity contribution in [2.75, 3.05) is 0 Å². The van der Waals surface area contributed by atoms with Gasteiger partial charge in [0.2, 0.25) is 0 Å². The van der Waals surface area contributed by atoms with Crippen LogP contribution in [0.5, 0.6) is 0 Å². The maximum absolute atomic E-state index is 4.02. The second-order valence-electron chi connectivity index (χ2n) is 3.08. The number of aromatic nitrogens is 1. The van der Waals surface area contributed by atoms with E-state index in [2.05, 4.69) is 65.7 Å². The van der Waals surface area contributed by atoms with E-state index in [0.29, 0.717) is 6.04 Å². The molecule has 1 aromatic heterocycles. The van der Waals surface area contributed by atoms with E-state index >= 15 is 0 Å². The lowest BCUT2D eigenvalue weighted by atomic mass is 10.3. The average Bonchev–Trinajstić information content (AvgIpc) is 2.24. The molecule has 0 atom stereocenters. The molecule has 3 heteroatoms. The predicted molar refractivity (Wildman–Crippen MR) is 61.5 cm³/mol. The van der Waals surface area contributed by atoms with E-state index < -0.39 is 0 Å². The van der Waals surface area contributed by atoms with Crippen LogP contribution in [0.2, 0.25) is 0 Å². The molecule has 0 N–H and O–H groups in total. The molecule has 66 valence electrons. The summed E-state index contributed by atoms with van der Waals surface area (Å²) in [6.45, 7) is 9.97. The minimum Gasteiger partial charge on any atom is -0.327 e. The van der Waals surface area contributed by atoms with Gasteiger partial charge in [-0.3, -0.25) is 0 Å². The maximum atomic E-state index is 4.02. The second kappa shape index (κ2) is 3.60. The van der Waals surface area contributed by atoms with Crippen LogP contribution in [0.25, 0.3) is 0 Å². The summed E-state index contributed by atoms with van der Waals surface area (Å²) in [6, 6.07) is 2.58. The van der Waals surface area contributed by atoms with E-state index in [1.807, 2.05) is 0 Å². The zero-order chi connectivity index (χ0) is 9.30. The molecule has 0 aliphatic heterocycles. The van der Waals surface area contributed by atoms with Gasteiger partial charge in [-0.2, -0.15) is 0 Å². The van der Waals surface area contributed by atoms with Crippen molar-refractivity contribution in [2.24, 2.45) is 4.99 Å². The molecule has 1 aromatic rings. The SMILES string of the molecule is C=Nc1c(I)cc(C)n1C(C)C. The highest BCUT2D eigenvalue weighted by molar-refractivity contribution is 14.1. The van der Waals surface area contributed by atoms with Gasteiger partial charge in [-0.05, 0) is 56.1 Å². The second-order valence-corrected chi connectivity index (χ2v) is 4.24. The molecule has 0 saturated heterocycles. The molecule has 0 aromatic carbocycles. The molecule has 0 aliphatic carbocycles. The van der Waals surface area contributed by atoms with Crippen LogP contribution < -0.4 is 0 Å². The van der Waals surface area contributed by atoms with Crippen molar-refractivity contribution >= 4 is 35.1 Å². The van der Waals surface area contributed by atoms with Crippen molar-refractivity contribution in [3.8, 4) is 0 Å². The lowest BCUT2D eigenvalue weighted by Crippen LogP contribution is -2.01. The first-order chi connectivity index (χ1) is 5.57. The molecule has 0 unspecified atom stereocenters. The van der Waals surface area contributed by atoms with Crippen molar-refractivity contribution in [1.29, 1.82) is 0 Å². The third-order valence-corrected chi connectivity index (χ3v) is 2.62. The number of rotatable bonds is 2. The summed E-state index contributed by atoms with van der Waals surface area (Å²) in [5.41, 5.74) is 1.25. The molecule has 0 bridgehead atoms. The fourth-order valence-corrected chi connectivity index (χ4v) is 2.28. The average molecular weight is 276 g/mol. The fourth-order valence-electron chi connectivity index (χ4n) is 1.40. The third kappa shape index (κ3) is 1.55. The lowest BCUT2D eigenvalue weighted by Gasteiger charge is -2.12. The number of hydrogen-bond donors (Lipinski definition) is 0. The van der Waals surface area contributed by atoms with Gasteiger partial charge < -0.3 is 4.57 Å². The van der Waals surface area contributed by atoms with Gasteiger partial charge in [-0.25, -0.2) is 4.99 Å². The Balaban J connectivity index is 3.32. The molecule has 2 nitrogen and oxygen atoms in total. The molecular formula is C9H13IN2. The number of nitrogens with zero attached hydrogens (tertiary/aromatic N) is 2. The number of hydrogen-bond acceptors (Lipinski definition) is 1. The van der Waals surface area contributed by atoms with E-state index in [0.717, 1.165) is 5.82 Å². The molecule has 1 rings (SSSR count). The molecule has 1 heterocycles. The molecule has 0 radical (unpaired) electrons. The fraction of sp³-hybridized carbons (Fsp3) is 0.444. The minimum atomic E-state index is 0.453. The quantitative estimate of drug-likeness (QED) is 0.582. The Morgan fingerprint density at radius 3 is 2.50 bits per heavy atom. The van der Waals surface area contributed by atoms with Gasteiger partial charge in [0, 0.05) is 11.7 Å². The predicted octanol–water partition coefficient (Wildman–Crippen LogP) is 3.31. The van der Waals surface area contributed by atoms with Crippen molar-refractivity contribution in [2.45, 2.75) is 26.8 Å². The first-order valence-corrected chi connectivity index (χ1v) is 5.00. The van der Waals surface area contributed by atoms with Crippen LogP contribution in [0, 0.1) is 10.5 Å². The summed E-state index contributed by atoms with van der Waals surface area (Å²) in [4.78, 5) is 4.02. The summed E-state index contributed by atoms with van der Waals surface area (Å²) in [7, 11) is 0. The van der Waals surface area contributed by atoms with Crippen molar-refractivity contribution in [1.82, 2.24) is 4.57 Å². The van der Waals surface area contributed by atoms with Crippen LogP contribution in [0.1, 0.15) is 25.6 Å². The summed E-state index contributed by atoms with van der Waals surface area (Å²) < 4.78 is 3.36. The molecule has 0 aliphatic rings. The Morgan fingerprint density at radius 1 is 1.58 bits per heavy atom. The summed E-state index contributed by atoms with van der Waals surface area (Å²) >= 11 is 2.29. The van der Waals surface area contributed by atoms with Crippen LogP contribution in [-0.4, -0.2) is 11.3 Å². The monoisotopic (exact) mass is 276 g/mol. The molecule has 12 heavy (non-hydrogen) atoms. The normalized spacial score (nSPS) is 10.8. The molecule has 0 saturated carbocycles. The van der Waals surface area contributed by atoms with Gasteiger partial charge in [0.15, 0.2) is 0 Å². The third-order valence-electron chi connectivity index (χ3n) is 1.82. The van der Waals surface area contributed by atoms with Gasteiger partial charge in [0.25, 0.3) is 0 Å². The first-order valence-electron chi connectivity index (χ1n) is 3.92. The Labute approximate surface area is 86.8 Å². The lowest BCUT2D eigenvalue weighted by molar-refractivity contribution is 0.593. The van der Waals surface area contributed by atoms with Gasteiger partial charge >= 0.3 is 0 Å². The van der Waals surface area contributed by atoms with E-state index in [-0.39, 0.29) is 0 Å². The minimum absolute atomic E-state index is 0.453. The van der Waals surface area contributed by atoms with Gasteiger partial charge in [0.05, 0.1) is 3.57 Å². The van der Waals surface area contributed by atoms with E-state index in [9.17, 15) is 0 Å². The molecule has 0 spiro atoms.